The Morgan fingerprint density at radius 1 is 1.50 bits per heavy atom. The lowest BCUT2D eigenvalue weighted by Crippen LogP contribution is -2.42. The van der Waals surface area contributed by atoms with E-state index in [9.17, 15) is 14.7 Å². The van der Waals surface area contributed by atoms with Crippen LogP contribution in [-0.2, 0) is 25.5 Å². The molecule has 1 heterocycles. The molecule has 0 bridgehead atoms. The second kappa shape index (κ2) is 5.67. The maximum absolute atomic E-state index is 13.0. The van der Waals surface area contributed by atoms with Gasteiger partial charge in [-0.05, 0) is 56.9 Å². The van der Waals surface area contributed by atoms with Gasteiger partial charge in [-0.3, -0.25) is 14.5 Å². The van der Waals surface area contributed by atoms with Crippen LogP contribution in [0.3, 0.4) is 0 Å². The third-order valence-electron chi connectivity index (χ3n) is 4.21. The van der Waals surface area contributed by atoms with Crippen molar-refractivity contribution in [3.8, 4) is 0 Å². The molecule has 1 aliphatic heterocycles. The number of nitrogen functional groups attached to an aromatic ring is 1. The Bertz CT molecular complexity index is 700. The number of ether oxygens (including phenoxy) is 1. The van der Waals surface area contributed by atoms with Crippen molar-refractivity contribution < 1.29 is 19.4 Å². The minimum absolute atomic E-state index is 0.241. The average Bonchev–Trinajstić information content (AvgIpc) is 2.91. The number of aryl methyl sites for hydroxylation is 1. The van der Waals surface area contributed by atoms with Crippen molar-refractivity contribution in [1.82, 2.24) is 4.90 Å². The van der Waals surface area contributed by atoms with Crippen molar-refractivity contribution in [2.75, 3.05) is 12.3 Å². The summed E-state index contributed by atoms with van der Waals surface area (Å²) in [7, 11) is 0. The number of rotatable bonds is 2. The highest BCUT2D eigenvalue weighted by Crippen LogP contribution is 2.54. The predicted octanol–water partition coefficient (Wildman–Crippen LogP) is 1.60. The number of nitrogens with zero attached hydrogens (tertiary/aromatic N) is 1. The zero-order valence-corrected chi connectivity index (χ0v) is 14.9. The molecule has 24 heavy (non-hydrogen) atoms. The van der Waals surface area contributed by atoms with E-state index in [4.69, 9.17) is 10.5 Å². The summed E-state index contributed by atoms with van der Waals surface area (Å²) in [4.78, 5) is 26.2. The first-order valence-electron chi connectivity index (χ1n) is 7.90. The largest absolute Gasteiger partial charge is 0.459 e. The number of amides is 1. The van der Waals surface area contributed by atoms with Gasteiger partial charge in [-0.2, -0.15) is 0 Å². The second-order valence-corrected chi connectivity index (χ2v) is 8.56. The Morgan fingerprint density at radius 2 is 2.21 bits per heavy atom. The van der Waals surface area contributed by atoms with Crippen LogP contribution < -0.4 is 5.73 Å². The van der Waals surface area contributed by atoms with Crippen LogP contribution in [0.5, 0.6) is 0 Å². The molecule has 1 aromatic carbocycles. The summed E-state index contributed by atoms with van der Waals surface area (Å²) in [5.74, 6) is -0.766. The van der Waals surface area contributed by atoms with Gasteiger partial charge in [-0.1, -0.05) is 17.8 Å². The van der Waals surface area contributed by atoms with E-state index in [1.165, 1.54) is 16.7 Å². The van der Waals surface area contributed by atoms with Gasteiger partial charge >= 0.3 is 5.97 Å². The molecule has 0 radical (unpaired) electrons. The number of anilines is 1. The number of benzene rings is 1. The van der Waals surface area contributed by atoms with Crippen molar-refractivity contribution in [2.24, 2.45) is 0 Å². The normalized spacial score (nSPS) is 26.1. The van der Waals surface area contributed by atoms with Gasteiger partial charge in [0.2, 0.25) is 5.91 Å². The third kappa shape index (κ3) is 2.86. The summed E-state index contributed by atoms with van der Waals surface area (Å²) in [6.45, 7) is 5.04. The number of thioether (sulfide) groups is 1. The fourth-order valence-electron chi connectivity index (χ4n) is 3.29. The monoisotopic (exact) mass is 350 g/mol. The lowest BCUT2D eigenvalue weighted by Gasteiger charge is -2.24. The van der Waals surface area contributed by atoms with E-state index in [2.05, 4.69) is 0 Å². The first-order chi connectivity index (χ1) is 11.1. The zero-order valence-electron chi connectivity index (χ0n) is 14.0. The Morgan fingerprint density at radius 3 is 2.88 bits per heavy atom. The van der Waals surface area contributed by atoms with Crippen LogP contribution in [0, 0.1) is 0 Å². The number of esters is 1. The molecule has 130 valence electrons. The molecule has 1 aromatic rings. The van der Waals surface area contributed by atoms with Gasteiger partial charge in [-0.15, -0.1) is 0 Å². The summed E-state index contributed by atoms with van der Waals surface area (Å²) in [5, 5.41) is 10.3. The fourth-order valence-corrected chi connectivity index (χ4v) is 4.71. The smallest absolute Gasteiger partial charge is 0.326 e. The van der Waals surface area contributed by atoms with E-state index < -0.39 is 21.9 Å². The number of carbonyl (C=O) groups is 2. The first-order valence-corrected chi connectivity index (χ1v) is 8.78. The van der Waals surface area contributed by atoms with Crippen molar-refractivity contribution in [1.29, 1.82) is 0 Å². The molecule has 2 atom stereocenters. The van der Waals surface area contributed by atoms with Gasteiger partial charge in [-0.25, -0.2) is 0 Å². The number of hydrogen-bond acceptors (Lipinski definition) is 6. The van der Waals surface area contributed by atoms with E-state index in [0.717, 1.165) is 17.5 Å². The number of fused-ring (bicyclic) bond motifs is 2. The summed E-state index contributed by atoms with van der Waals surface area (Å²) in [6.07, 6.45) is 1.32. The topological polar surface area (TPSA) is 92.9 Å². The Hall–Kier alpha value is -1.73. The maximum atomic E-state index is 13.0. The molecule has 1 aliphatic carbocycles. The highest BCUT2D eigenvalue weighted by atomic mass is 32.2. The van der Waals surface area contributed by atoms with Crippen LogP contribution in [0.2, 0.25) is 0 Å². The summed E-state index contributed by atoms with van der Waals surface area (Å²) in [5.41, 5.74) is 6.70. The molecule has 1 saturated heterocycles. The highest BCUT2D eigenvalue weighted by Gasteiger charge is 2.56. The standard InChI is InChI=1S/C17H22N2O4S/c1-16(2,3)23-13(20)9-19-14(21)17(24-15(19)22)7-6-10-8-11(18)4-5-12(10)17/h4-5,8,15,22H,6-7,9,18H2,1-3H3. The molecular formula is C17H22N2O4S. The molecule has 0 aromatic heterocycles. The third-order valence-corrected chi connectivity index (χ3v) is 5.68. The van der Waals surface area contributed by atoms with Crippen LogP contribution in [0.4, 0.5) is 5.69 Å². The van der Waals surface area contributed by atoms with Crippen LogP contribution in [-0.4, -0.2) is 39.6 Å². The number of aliphatic hydroxyl groups excluding tert-OH is 1. The maximum Gasteiger partial charge on any atom is 0.326 e. The molecule has 2 aliphatic rings. The van der Waals surface area contributed by atoms with Gasteiger partial charge in [0.05, 0.1) is 0 Å². The van der Waals surface area contributed by atoms with E-state index in [-0.39, 0.29) is 12.5 Å². The fraction of sp³-hybridized carbons (Fsp3) is 0.529. The first kappa shape index (κ1) is 17.1. The van der Waals surface area contributed by atoms with E-state index in [1.807, 2.05) is 12.1 Å². The number of carbonyl (C=O) groups excluding carboxylic acids is 2. The lowest BCUT2D eigenvalue weighted by molar-refractivity contribution is -0.161. The summed E-state index contributed by atoms with van der Waals surface area (Å²) < 4.78 is 4.43. The van der Waals surface area contributed by atoms with Crippen LogP contribution in [0.1, 0.15) is 38.3 Å². The van der Waals surface area contributed by atoms with Crippen molar-refractivity contribution in [2.45, 2.75) is 49.5 Å². The molecule has 1 spiro atoms. The summed E-state index contributed by atoms with van der Waals surface area (Å²) in [6, 6.07) is 5.50. The molecule has 1 fully saturated rings. The van der Waals surface area contributed by atoms with Crippen molar-refractivity contribution in [3.63, 3.8) is 0 Å². The van der Waals surface area contributed by atoms with Crippen molar-refractivity contribution >= 4 is 29.3 Å². The molecule has 2 unspecified atom stereocenters. The minimum Gasteiger partial charge on any atom is -0.459 e. The molecule has 3 N–H and O–H groups in total. The van der Waals surface area contributed by atoms with Gasteiger partial charge in [0, 0.05) is 5.69 Å². The predicted molar refractivity (Wildman–Crippen MR) is 92.0 cm³/mol. The van der Waals surface area contributed by atoms with Gasteiger partial charge < -0.3 is 15.6 Å². The Kier molecular flexibility index (Phi) is 4.04. The zero-order chi connectivity index (χ0) is 17.7. The Balaban J connectivity index is 1.83. The summed E-state index contributed by atoms with van der Waals surface area (Å²) >= 11 is 1.18. The molecular weight excluding hydrogens is 328 g/mol. The van der Waals surface area contributed by atoms with Crippen LogP contribution >= 0.6 is 11.8 Å². The second-order valence-electron chi connectivity index (χ2n) is 7.21. The average molecular weight is 350 g/mol. The SMILES string of the molecule is CC(C)(C)OC(=O)CN1C(=O)C2(CCc3cc(N)ccc32)SC1O. The Labute approximate surface area is 145 Å². The number of aliphatic hydroxyl groups is 1. The van der Waals surface area contributed by atoms with Crippen molar-refractivity contribution in [3.05, 3.63) is 29.3 Å². The van der Waals surface area contributed by atoms with Gasteiger partial charge in [0.15, 0.2) is 5.56 Å². The highest BCUT2D eigenvalue weighted by molar-refractivity contribution is 8.01. The van der Waals surface area contributed by atoms with E-state index in [1.54, 1.807) is 26.8 Å². The molecule has 3 rings (SSSR count). The van der Waals surface area contributed by atoms with Crippen LogP contribution in [0.25, 0.3) is 0 Å². The number of hydrogen-bond donors (Lipinski definition) is 2. The van der Waals surface area contributed by atoms with Gasteiger partial charge in [0.1, 0.15) is 16.9 Å². The lowest BCUT2D eigenvalue weighted by atomic mass is 9.98. The molecule has 0 saturated carbocycles. The molecule has 7 heteroatoms. The minimum atomic E-state index is -1.06. The van der Waals surface area contributed by atoms with Gasteiger partial charge in [0.25, 0.3) is 0 Å². The molecule has 6 nitrogen and oxygen atoms in total. The number of nitrogens with two attached hydrogens (primary N) is 1. The van der Waals surface area contributed by atoms with E-state index in [0.29, 0.717) is 12.1 Å². The van der Waals surface area contributed by atoms with Crippen LogP contribution in [0.15, 0.2) is 18.2 Å². The quantitative estimate of drug-likeness (QED) is 0.622. The van der Waals surface area contributed by atoms with E-state index >= 15 is 0 Å². The molecule has 1 amide bonds.